The number of quaternary nitrogens is 1. The standard InChI is InChI=1S/C11H14NO.CH4O/c1-2-4-10(5-3-1)8-12-6-7-13-11(12)9-12;1-2/h1-5,11H,6-9H2;2H,1H3/q+1;. The van der Waals surface area contributed by atoms with E-state index in [1.165, 1.54) is 23.1 Å². The van der Waals surface area contributed by atoms with E-state index in [2.05, 4.69) is 30.3 Å². The molecule has 2 saturated heterocycles. The van der Waals surface area contributed by atoms with Gasteiger partial charge in [-0.1, -0.05) is 30.3 Å². The lowest BCUT2D eigenvalue weighted by atomic mass is 10.2. The Kier molecular flexibility index (Phi) is 3.05. The van der Waals surface area contributed by atoms with Gasteiger partial charge in [-0.2, -0.15) is 0 Å². The normalized spacial score (nSPS) is 31.5. The molecule has 0 spiro atoms. The van der Waals surface area contributed by atoms with Crippen LogP contribution >= 0.6 is 0 Å². The van der Waals surface area contributed by atoms with Crippen molar-refractivity contribution in [1.82, 2.24) is 0 Å². The molecule has 0 saturated carbocycles. The van der Waals surface area contributed by atoms with Gasteiger partial charge in [0.15, 0.2) is 6.54 Å². The lowest BCUT2D eigenvalue weighted by Crippen LogP contribution is -2.25. The lowest BCUT2D eigenvalue weighted by molar-refractivity contribution is -0.821. The van der Waals surface area contributed by atoms with Crippen LogP contribution in [0.4, 0.5) is 0 Å². The zero-order valence-corrected chi connectivity index (χ0v) is 9.10. The molecule has 0 aliphatic carbocycles. The highest BCUT2D eigenvalue weighted by Gasteiger charge is 2.59. The minimum Gasteiger partial charge on any atom is -0.400 e. The van der Waals surface area contributed by atoms with E-state index in [1.807, 2.05) is 0 Å². The highest BCUT2D eigenvalue weighted by molar-refractivity contribution is 5.13. The predicted octanol–water partition coefficient (Wildman–Crippen LogP) is 0.982. The van der Waals surface area contributed by atoms with Crippen molar-refractivity contribution in [2.75, 3.05) is 26.8 Å². The summed E-state index contributed by atoms with van der Waals surface area (Å²) in [6.07, 6.45) is 0.528. The molecule has 1 aromatic carbocycles. The highest BCUT2D eigenvalue weighted by Crippen LogP contribution is 2.38. The molecule has 15 heavy (non-hydrogen) atoms. The van der Waals surface area contributed by atoms with Gasteiger partial charge in [-0.05, 0) is 0 Å². The van der Waals surface area contributed by atoms with E-state index >= 15 is 0 Å². The summed E-state index contributed by atoms with van der Waals surface area (Å²) in [5.41, 5.74) is 1.44. The van der Waals surface area contributed by atoms with Gasteiger partial charge in [0.05, 0.1) is 0 Å². The van der Waals surface area contributed by atoms with Crippen LogP contribution < -0.4 is 0 Å². The fraction of sp³-hybridized carbons (Fsp3) is 0.500. The summed E-state index contributed by atoms with van der Waals surface area (Å²) in [6, 6.07) is 10.7. The summed E-state index contributed by atoms with van der Waals surface area (Å²) in [6.45, 7) is 4.55. The van der Waals surface area contributed by atoms with Crippen LogP contribution in [0, 0.1) is 0 Å². The van der Waals surface area contributed by atoms with Crippen LogP contribution in [-0.4, -0.2) is 42.6 Å². The zero-order valence-electron chi connectivity index (χ0n) is 9.10. The lowest BCUT2D eigenvalue weighted by Gasteiger charge is -2.13. The molecule has 2 unspecified atom stereocenters. The number of fused-ring (bicyclic) bond motifs is 1. The Balaban J connectivity index is 0.000000404. The Morgan fingerprint density at radius 1 is 1.33 bits per heavy atom. The number of hydrogen-bond acceptors (Lipinski definition) is 2. The third-order valence-electron chi connectivity index (χ3n) is 3.18. The van der Waals surface area contributed by atoms with Gasteiger partial charge in [-0.25, -0.2) is 0 Å². The van der Waals surface area contributed by atoms with Crippen molar-refractivity contribution in [2.45, 2.75) is 12.8 Å². The summed E-state index contributed by atoms with van der Waals surface area (Å²) in [7, 11) is 1.00. The molecule has 82 valence electrons. The largest absolute Gasteiger partial charge is 0.400 e. The van der Waals surface area contributed by atoms with Gasteiger partial charge in [0.1, 0.15) is 19.7 Å². The number of aliphatic hydroxyl groups is 1. The van der Waals surface area contributed by atoms with Gasteiger partial charge < -0.3 is 9.84 Å². The summed E-state index contributed by atoms with van der Waals surface area (Å²) in [5.74, 6) is 0. The fourth-order valence-corrected chi connectivity index (χ4v) is 2.27. The SMILES string of the molecule is CO.c1ccc(C[N+]23CCOC2C3)cc1. The van der Waals surface area contributed by atoms with Gasteiger partial charge in [0.2, 0.25) is 6.23 Å². The first-order valence-corrected chi connectivity index (χ1v) is 5.35. The maximum Gasteiger partial charge on any atom is 0.244 e. The van der Waals surface area contributed by atoms with Crippen molar-refractivity contribution in [3.05, 3.63) is 35.9 Å². The highest BCUT2D eigenvalue weighted by atomic mass is 16.5. The molecular formula is C12H18NO2+. The molecule has 3 nitrogen and oxygen atoms in total. The third kappa shape index (κ3) is 2.04. The summed E-state index contributed by atoms with van der Waals surface area (Å²) < 4.78 is 6.76. The zero-order chi connectivity index (χ0) is 10.7. The molecule has 0 aromatic heterocycles. The first-order valence-electron chi connectivity index (χ1n) is 5.35. The Hall–Kier alpha value is -0.900. The van der Waals surface area contributed by atoms with Crippen LogP contribution in [0.2, 0.25) is 0 Å². The minimum absolute atomic E-state index is 0.528. The average Bonchev–Trinajstić information content (AvgIpc) is 2.84. The number of ether oxygens (including phenoxy) is 1. The quantitative estimate of drug-likeness (QED) is 0.580. The smallest absolute Gasteiger partial charge is 0.244 e. The molecule has 0 bridgehead atoms. The number of nitrogens with zero attached hydrogens (tertiary/aromatic N) is 1. The van der Waals surface area contributed by atoms with E-state index in [9.17, 15) is 0 Å². The monoisotopic (exact) mass is 208 g/mol. The maximum atomic E-state index is 7.00. The van der Waals surface area contributed by atoms with E-state index in [-0.39, 0.29) is 0 Å². The summed E-state index contributed by atoms with van der Waals surface area (Å²) >= 11 is 0. The summed E-state index contributed by atoms with van der Waals surface area (Å²) in [5, 5.41) is 7.00. The first-order chi connectivity index (χ1) is 7.39. The molecule has 1 aromatic rings. The third-order valence-corrected chi connectivity index (χ3v) is 3.18. The van der Waals surface area contributed by atoms with E-state index in [1.54, 1.807) is 0 Å². The van der Waals surface area contributed by atoms with Crippen molar-refractivity contribution in [2.24, 2.45) is 0 Å². The van der Waals surface area contributed by atoms with Crippen molar-refractivity contribution in [1.29, 1.82) is 0 Å². The van der Waals surface area contributed by atoms with Gasteiger partial charge in [0.25, 0.3) is 0 Å². The van der Waals surface area contributed by atoms with Gasteiger partial charge in [-0.3, -0.25) is 4.48 Å². The maximum absolute atomic E-state index is 7.00. The van der Waals surface area contributed by atoms with Crippen molar-refractivity contribution in [3.63, 3.8) is 0 Å². The molecule has 1 N–H and O–H groups in total. The molecule has 3 heteroatoms. The average molecular weight is 208 g/mol. The Bertz CT molecular complexity index is 315. The van der Waals surface area contributed by atoms with Crippen LogP contribution in [-0.2, 0) is 11.3 Å². The van der Waals surface area contributed by atoms with Crippen molar-refractivity contribution < 1.29 is 14.3 Å². The van der Waals surface area contributed by atoms with E-state index in [0.717, 1.165) is 20.3 Å². The fourth-order valence-electron chi connectivity index (χ4n) is 2.27. The van der Waals surface area contributed by atoms with Crippen LogP contribution in [0.15, 0.2) is 30.3 Å². The number of morpholine rings is 1. The van der Waals surface area contributed by atoms with Crippen molar-refractivity contribution >= 4 is 0 Å². The molecule has 2 aliphatic rings. The molecule has 2 atom stereocenters. The number of benzene rings is 1. The number of hydrogen-bond donors (Lipinski definition) is 1. The molecule has 2 aliphatic heterocycles. The predicted molar refractivity (Wildman–Crippen MR) is 58.0 cm³/mol. The Labute approximate surface area is 90.5 Å². The first kappa shape index (κ1) is 10.6. The van der Waals surface area contributed by atoms with Gasteiger partial charge in [-0.15, -0.1) is 0 Å². The molecule has 2 heterocycles. The second kappa shape index (κ2) is 4.31. The molecular weight excluding hydrogens is 190 g/mol. The number of rotatable bonds is 2. The second-order valence-corrected chi connectivity index (χ2v) is 4.09. The second-order valence-electron chi connectivity index (χ2n) is 4.09. The minimum atomic E-state index is 0.528. The van der Waals surface area contributed by atoms with Crippen LogP contribution in [0.5, 0.6) is 0 Å². The van der Waals surface area contributed by atoms with E-state index in [0.29, 0.717) is 6.23 Å². The summed E-state index contributed by atoms with van der Waals surface area (Å²) in [4.78, 5) is 0. The van der Waals surface area contributed by atoms with Gasteiger partial charge >= 0.3 is 0 Å². The molecule has 2 fully saturated rings. The molecule has 3 rings (SSSR count). The number of aliphatic hydroxyl groups excluding tert-OH is 1. The topological polar surface area (TPSA) is 29.5 Å². The van der Waals surface area contributed by atoms with Crippen molar-refractivity contribution in [3.8, 4) is 0 Å². The molecule has 0 amide bonds. The molecule has 0 radical (unpaired) electrons. The van der Waals surface area contributed by atoms with Gasteiger partial charge in [0, 0.05) is 12.7 Å². The van der Waals surface area contributed by atoms with E-state index in [4.69, 9.17) is 9.84 Å². The Morgan fingerprint density at radius 3 is 2.60 bits per heavy atom. The van der Waals surface area contributed by atoms with Crippen LogP contribution in [0.3, 0.4) is 0 Å². The Morgan fingerprint density at radius 2 is 2.07 bits per heavy atom. The van der Waals surface area contributed by atoms with Crippen LogP contribution in [0.25, 0.3) is 0 Å². The van der Waals surface area contributed by atoms with Crippen LogP contribution in [0.1, 0.15) is 5.56 Å². The van der Waals surface area contributed by atoms with E-state index < -0.39 is 0 Å².